The molecule has 20 heavy (non-hydrogen) atoms. The molecule has 1 N–H and O–H groups in total. The second-order valence-corrected chi connectivity index (χ2v) is 4.66. The van der Waals surface area contributed by atoms with Crippen molar-refractivity contribution in [3.63, 3.8) is 0 Å². The maximum atomic E-state index is 9.32. The van der Waals surface area contributed by atoms with Gasteiger partial charge in [0, 0.05) is 24.5 Å². The highest BCUT2D eigenvalue weighted by Gasteiger charge is 2.03. The number of phenolic OH excluding ortho intramolecular Hbond substituents is 1. The van der Waals surface area contributed by atoms with Crippen LogP contribution in [0, 0.1) is 0 Å². The number of aromatic hydroxyl groups is 1. The van der Waals surface area contributed by atoms with Gasteiger partial charge >= 0.3 is 0 Å². The van der Waals surface area contributed by atoms with Gasteiger partial charge in [-0.05, 0) is 35.4 Å². The molecule has 3 aromatic rings. The van der Waals surface area contributed by atoms with Gasteiger partial charge in [-0.25, -0.2) is 4.98 Å². The molecule has 0 aliphatic rings. The van der Waals surface area contributed by atoms with Crippen LogP contribution in [0.4, 0.5) is 0 Å². The first-order valence-corrected chi connectivity index (χ1v) is 6.70. The molecule has 1 aromatic heterocycles. The van der Waals surface area contributed by atoms with E-state index < -0.39 is 0 Å². The zero-order valence-corrected chi connectivity index (χ0v) is 11.3. The van der Waals surface area contributed by atoms with Gasteiger partial charge in [0.05, 0.1) is 0 Å². The van der Waals surface area contributed by atoms with Gasteiger partial charge in [0.25, 0.3) is 0 Å². The number of hydrogen-bond acceptors (Lipinski definition) is 2. The number of imidazole rings is 1. The number of aromatic nitrogens is 2. The predicted molar refractivity (Wildman–Crippen MR) is 80.0 cm³/mol. The van der Waals surface area contributed by atoms with E-state index in [1.165, 1.54) is 0 Å². The zero-order valence-electron chi connectivity index (χ0n) is 11.3. The Labute approximate surface area is 118 Å². The van der Waals surface area contributed by atoms with E-state index in [4.69, 9.17) is 0 Å². The average Bonchev–Trinajstić information content (AvgIpc) is 2.97. The first kappa shape index (κ1) is 12.5. The van der Waals surface area contributed by atoms with Gasteiger partial charge < -0.3 is 9.67 Å². The second-order valence-electron chi connectivity index (χ2n) is 4.66. The summed E-state index contributed by atoms with van der Waals surface area (Å²) in [6.07, 6.45) is 4.72. The number of benzene rings is 2. The summed E-state index contributed by atoms with van der Waals surface area (Å²) in [5.41, 5.74) is 3.34. The molecule has 0 bridgehead atoms. The summed E-state index contributed by atoms with van der Waals surface area (Å²) in [6.45, 7) is 2.10. The fraction of sp³-hybridized carbons (Fsp3) is 0.118. The van der Waals surface area contributed by atoms with Gasteiger partial charge in [-0.3, -0.25) is 0 Å². The van der Waals surface area contributed by atoms with Crippen molar-refractivity contribution in [3.8, 4) is 22.6 Å². The number of hydrogen-bond donors (Lipinski definition) is 1. The topological polar surface area (TPSA) is 38.0 Å². The normalized spacial score (nSPS) is 10.7. The quantitative estimate of drug-likeness (QED) is 0.781. The van der Waals surface area contributed by atoms with Crippen LogP contribution >= 0.6 is 0 Å². The van der Waals surface area contributed by atoms with Crippen molar-refractivity contribution in [2.75, 3.05) is 0 Å². The molecule has 0 aliphatic carbocycles. The maximum Gasteiger partial charge on any atom is 0.115 e. The molecule has 0 spiro atoms. The van der Waals surface area contributed by atoms with Crippen molar-refractivity contribution >= 4 is 0 Å². The summed E-state index contributed by atoms with van der Waals surface area (Å²) < 4.78 is 2.10. The van der Waals surface area contributed by atoms with Crippen molar-refractivity contribution in [2.45, 2.75) is 13.3 Å². The third kappa shape index (κ3) is 2.30. The molecule has 0 radical (unpaired) electrons. The minimum absolute atomic E-state index is 0.288. The van der Waals surface area contributed by atoms with E-state index in [-0.39, 0.29) is 5.75 Å². The molecule has 1 heterocycles. The molecule has 0 saturated carbocycles. The molecule has 3 nitrogen and oxygen atoms in total. The minimum Gasteiger partial charge on any atom is -0.508 e. The van der Waals surface area contributed by atoms with Crippen molar-refractivity contribution < 1.29 is 5.11 Å². The second kappa shape index (κ2) is 5.21. The molecule has 0 atom stereocenters. The first-order valence-electron chi connectivity index (χ1n) is 6.70. The molecular weight excluding hydrogens is 248 g/mol. The van der Waals surface area contributed by atoms with Crippen LogP contribution in [0.5, 0.6) is 5.75 Å². The molecule has 0 aliphatic heterocycles. The number of aryl methyl sites for hydroxylation is 1. The van der Waals surface area contributed by atoms with Crippen LogP contribution in [0.2, 0.25) is 0 Å². The van der Waals surface area contributed by atoms with E-state index in [0.717, 1.165) is 29.1 Å². The Hall–Kier alpha value is -2.55. The lowest BCUT2D eigenvalue weighted by atomic mass is 10.1. The largest absolute Gasteiger partial charge is 0.508 e. The molecule has 0 amide bonds. The molecule has 2 aromatic carbocycles. The smallest absolute Gasteiger partial charge is 0.115 e. The third-order valence-corrected chi connectivity index (χ3v) is 3.38. The highest BCUT2D eigenvalue weighted by molar-refractivity contribution is 5.65. The van der Waals surface area contributed by atoms with Crippen LogP contribution < -0.4 is 0 Å². The average molecular weight is 264 g/mol. The fourth-order valence-electron chi connectivity index (χ4n) is 2.30. The van der Waals surface area contributed by atoms with Crippen LogP contribution in [0.1, 0.15) is 12.7 Å². The minimum atomic E-state index is 0.288. The van der Waals surface area contributed by atoms with Crippen molar-refractivity contribution in [3.05, 3.63) is 66.7 Å². The van der Waals surface area contributed by atoms with Crippen molar-refractivity contribution in [1.29, 1.82) is 0 Å². The third-order valence-electron chi connectivity index (χ3n) is 3.38. The van der Waals surface area contributed by atoms with E-state index >= 15 is 0 Å². The monoisotopic (exact) mass is 264 g/mol. The molecule has 3 heteroatoms. The number of rotatable bonds is 3. The summed E-state index contributed by atoms with van der Waals surface area (Å²) in [5.74, 6) is 1.35. The van der Waals surface area contributed by atoms with Crippen LogP contribution in [0.15, 0.2) is 60.9 Å². The Kier molecular flexibility index (Phi) is 3.25. The number of nitrogens with zero attached hydrogens (tertiary/aromatic N) is 2. The predicted octanol–water partition coefficient (Wildman–Crippen LogP) is 3.81. The molecular formula is C17H16N2O. The Balaban J connectivity index is 1.93. The van der Waals surface area contributed by atoms with E-state index in [0.29, 0.717) is 0 Å². The molecule has 100 valence electrons. The number of phenols is 1. The van der Waals surface area contributed by atoms with Gasteiger partial charge in [0.15, 0.2) is 0 Å². The lowest BCUT2D eigenvalue weighted by Crippen LogP contribution is -1.98. The van der Waals surface area contributed by atoms with Gasteiger partial charge in [-0.2, -0.15) is 0 Å². The first-order chi connectivity index (χ1) is 9.78. The summed E-state index contributed by atoms with van der Waals surface area (Å²) >= 11 is 0. The van der Waals surface area contributed by atoms with Gasteiger partial charge in [-0.15, -0.1) is 0 Å². The molecule has 0 unspecified atom stereocenters. The summed E-state index contributed by atoms with van der Waals surface area (Å²) in [6, 6.07) is 15.6. The van der Waals surface area contributed by atoms with Crippen molar-refractivity contribution in [2.24, 2.45) is 0 Å². The Morgan fingerprint density at radius 3 is 2.15 bits per heavy atom. The summed E-state index contributed by atoms with van der Waals surface area (Å²) in [7, 11) is 0. The van der Waals surface area contributed by atoms with Crippen LogP contribution in [0.3, 0.4) is 0 Å². The van der Waals surface area contributed by atoms with Crippen LogP contribution in [-0.2, 0) is 6.42 Å². The summed E-state index contributed by atoms with van der Waals surface area (Å²) in [4.78, 5) is 4.34. The molecule has 3 rings (SSSR count). The van der Waals surface area contributed by atoms with Crippen LogP contribution in [-0.4, -0.2) is 14.7 Å². The van der Waals surface area contributed by atoms with E-state index in [2.05, 4.69) is 40.7 Å². The molecule has 0 saturated heterocycles. The van der Waals surface area contributed by atoms with Gasteiger partial charge in [-0.1, -0.05) is 31.2 Å². The lowest BCUT2D eigenvalue weighted by molar-refractivity contribution is 0.475. The summed E-state index contributed by atoms with van der Waals surface area (Å²) in [5, 5.41) is 9.32. The highest BCUT2D eigenvalue weighted by Crippen LogP contribution is 2.23. The van der Waals surface area contributed by atoms with E-state index in [1.807, 2.05) is 24.5 Å². The SMILES string of the molecule is CCc1nccn1-c1ccc(-c2ccc(O)cc2)cc1. The van der Waals surface area contributed by atoms with Gasteiger partial charge in [0.2, 0.25) is 0 Å². The highest BCUT2D eigenvalue weighted by atomic mass is 16.3. The standard InChI is InChI=1S/C17H16N2O/c1-2-17-18-11-12-19(17)15-7-3-13(4-8-15)14-5-9-16(20)10-6-14/h3-12,20H,2H2,1H3. The molecule has 0 fully saturated rings. The van der Waals surface area contributed by atoms with Crippen molar-refractivity contribution in [1.82, 2.24) is 9.55 Å². The van der Waals surface area contributed by atoms with E-state index in [1.54, 1.807) is 12.1 Å². The Morgan fingerprint density at radius 1 is 0.950 bits per heavy atom. The Morgan fingerprint density at radius 2 is 1.55 bits per heavy atom. The van der Waals surface area contributed by atoms with Gasteiger partial charge in [0.1, 0.15) is 11.6 Å². The van der Waals surface area contributed by atoms with E-state index in [9.17, 15) is 5.11 Å². The lowest BCUT2D eigenvalue weighted by Gasteiger charge is -2.08. The maximum absolute atomic E-state index is 9.32. The van der Waals surface area contributed by atoms with Crippen LogP contribution in [0.25, 0.3) is 16.8 Å². The Bertz CT molecular complexity index is 697. The zero-order chi connectivity index (χ0) is 13.9. The fourth-order valence-corrected chi connectivity index (χ4v) is 2.30.